The van der Waals surface area contributed by atoms with E-state index >= 15 is 0 Å². The van der Waals surface area contributed by atoms with Gasteiger partial charge in [0.25, 0.3) is 10.1 Å². The van der Waals surface area contributed by atoms with E-state index in [0.29, 0.717) is 0 Å². The molecule has 3 N–H and O–H groups in total. The molecule has 0 rings (SSSR count). The number of rotatable bonds is 4. The first-order chi connectivity index (χ1) is 4.48. The molecule has 62 valence electrons. The molecule has 6 heteroatoms. The highest BCUT2D eigenvalue weighted by atomic mass is 32.2. The van der Waals surface area contributed by atoms with E-state index in [1.807, 2.05) is 0 Å². The van der Waals surface area contributed by atoms with Crippen molar-refractivity contribution in [2.45, 2.75) is 20.0 Å². The number of hydrogen-bond acceptors (Lipinski definition) is 5. The highest BCUT2D eigenvalue weighted by Gasteiger charge is 2.07. The molecule has 0 spiro atoms. The maximum atomic E-state index is 10.6. The number of hydroxylamine groups is 1. The van der Waals surface area contributed by atoms with Gasteiger partial charge in [-0.2, -0.15) is 18.2 Å². The standard InChI is InChI=1S/C4H12N2O3S/c1-3-10(7,8)9-6-4(2)5/h4,6H,3,5H2,1-2H3. The van der Waals surface area contributed by atoms with E-state index in [1.54, 1.807) is 6.92 Å². The minimum atomic E-state index is -3.41. The van der Waals surface area contributed by atoms with Gasteiger partial charge >= 0.3 is 0 Å². The lowest BCUT2D eigenvalue weighted by Crippen LogP contribution is -2.36. The smallest absolute Gasteiger partial charge is 0.282 e. The van der Waals surface area contributed by atoms with Crippen LogP contribution in [0.1, 0.15) is 13.8 Å². The van der Waals surface area contributed by atoms with Crippen LogP contribution in [0.15, 0.2) is 0 Å². The molecular weight excluding hydrogens is 156 g/mol. The molecular formula is C4H12N2O3S. The van der Waals surface area contributed by atoms with Gasteiger partial charge in [-0.3, -0.25) is 0 Å². The van der Waals surface area contributed by atoms with E-state index in [4.69, 9.17) is 5.73 Å². The van der Waals surface area contributed by atoms with Gasteiger partial charge in [-0.05, 0) is 13.8 Å². The third kappa shape index (κ3) is 4.68. The van der Waals surface area contributed by atoms with E-state index in [-0.39, 0.29) is 5.75 Å². The zero-order chi connectivity index (χ0) is 8.20. The third-order valence-corrected chi connectivity index (χ3v) is 1.77. The van der Waals surface area contributed by atoms with Gasteiger partial charge in [0.2, 0.25) is 0 Å². The first-order valence-corrected chi connectivity index (χ1v) is 4.48. The molecule has 0 aliphatic rings. The van der Waals surface area contributed by atoms with Gasteiger partial charge in [-0.1, -0.05) is 0 Å². The maximum Gasteiger partial charge on any atom is 0.282 e. The van der Waals surface area contributed by atoms with Crippen LogP contribution in [-0.2, 0) is 14.4 Å². The van der Waals surface area contributed by atoms with Crippen molar-refractivity contribution >= 4 is 10.1 Å². The van der Waals surface area contributed by atoms with Crippen molar-refractivity contribution in [2.24, 2.45) is 5.73 Å². The Bertz CT molecular complexity index is 175. The Morgan fingerprint density at radius 3 is 2.50 bits per heavy atom. The molecule has 0 aliphatic carbocycles. The van der Waals surface area contributed by atoms with Crippen LogP contribution < -0.4 is 11.2 Å². The van der Waals surface area contributed by atoms with Crippen LogP contribution in [-0.4, -0.2) is 20.3 Å². The SMILES string of the molecule is CCS(=O)(=O)ONC(C)N. The van der Waals surface area contributed by atoms with Crippen LogP contribution >= 0.6 is 0 Å². The molecule has 0 bridgehead atoms. The van der Waals surface area contributed by atoms with E-state index in [9.17, 15) is 8.42 Å². The zero-order valence-corrected chi connectivity index (χ0v) is 6.81. The summed E-state index contributed by atoms with van der Waals surface area (Å²) in [6.07, 6.45) is -0.485. The molecule has 1 unspecified atom stereocenters. The third-order valence-electron chi connectivity index (χ3n) is 0.715. The molecule has 0 aromatic heterocycles. The van der Waals surface area contributed by atoms with Gasteiger partial charge in [0.1, 0.15) is 0 Å². The van der Waals surface area contributed by atoms with Crippen LogP contribution in [0.2, 0.25) is 0 Å². The van der Waals surface area contributed by atoms with Crippen LogP contribution in [0.5, 0.6) is 0 Å². The predicted octanol–water partition coefficient (Wildman–Crippen LogP) is -0.838. The van der Waals surface area contributed by atoms with Crippen molar-refractivity contribution in [3.8, 4) is 0 Å². The number of nitrogens with two attached hydrogens (primary N) is 1. The predicted molar refractivity (Wildman–Crippen MR) is 37.3 cm³/mol. The van der Waals surface area contributed by atoms with Crippen LogP contribution in [0.4, 0.5) is 0 Å². The van der Waals surface area contributed by atoms with Crippen molar-refractivity contribution in [3.63, 3.8) is 0 Å². The van der Waals surface area contributed by atoms with Crippen molar-refractivity contribution in [1.29, 1.82) is 0 Å². The first kappa shape index (κ1) is 9.83. The topological polar surface area (TPSA) is 81.4 Å². The van der Waals surface area contributed by atoms with E-state index in [1.165, 1.54) is 6.92 Å². The molecule has 10 heavy (non-hydrogen) atoms. The summed E-state index contributed by atoms with van der Waals surface area (Å²) < 4.78 is 25.4. The highest BCUT2D eigenvalue weighted by molar-refractivity contribution is 7.86. The highest BCUT2D eigenvalue weighted by Crippen LogP contribution is 1.87. The molecule has 0 aromatic rings. The molecule has 0 aromatic carbocycles. The summed E-state index contributed by atoms with van der Waals surface area (Å²) >= 11 is 0. The summed E-state index contributed by atoms with van der Waals surface area (Å²) in [5, 5.41) is 0. The first-order valence-electron chi connectivity index (χ1n) is 2.90. The lowest BCUT2D eigenvalue weighted by Gasteiger charge is -2.06. The summed E-state index contributed by atoms with van der Waals surface area (Å²) in [6.45, 7) is 3.06. The Balaban J connectivity index is 3.70. The molecule has 0 saturated heterocycles. The lowest BCUT2D eigenvalue weighted by molar-refractivity contribution is 0.172. The fourth-order valence-corrected chi connectivity index (χ4v) is 0.624. The lowest BCUT2D eigenvalue weighted by atomic mass is 10.7. The van der Waals surface area contributed by atoms with Gasteiger partial charge in [-0.25, -0.2) is 0 Å². The van der Waals surface area contributed by atoms with E-state index in [2.05, 4.69) is 9.76 Å². The van der Waals surface area contributed by atoms with Gasteiger partial charge in [0.15, 0.2) is 0 Å². The average Bonchev–Trinajstić information content (AvgIpc) is 1.85. The van der Waals surface area contributed by atoms with Gasteiger partial charge in [-0.15, -0.1) is 0 Å². The van der Waals surface area contributed by atoms with Crippen molar-refractivity contribution in [3.05, 3.63) is 0 Å². The normalized spacial score (nSPS) is 15.1. The van der Waals surface area contributed by atoms with Crippen molar-refractivity contribution < 1.29 is 12.7 Å². The van der Waals surface area contributed by atoms with Crippen LogP contribution in [0, 0.1) is 0 Å². The van der Waals surface area contributed by atoms with E-state index < -0.39 is 16.3 Å². The molecule has 1 atom stereocenters. The Labute approximate surface area is 60.6 Å². The Hall–Kier alpha value is -0.170. The Morgan fingerprint density at radius 1 is 1.70 bits per heavy atom. The molecule has 0 aliphatic heterocycles. The molecule has 0 fully saturated rings. The zero-order valence-electron chi connectivity index (χ0n) is 5.99. The van der Waals surface area contributed by atoms with Crippen LogP contribution in [0.3, 0.4) is 0 Å². The molecule has 0 saturated carbocycles. The van der Waals surface area contributed by atoms with Crippen molar-refractivity contribution in [2.75, 3.05) is 5.75 Å². The molecule has 0 amide bonds. The van der Waals surface area contributed by atoms with Crippen molar-refractivity contribution in [1.82, 2.24) is 5.48 Å². The van der Waals surface area contributed by atoms with Crippen LogP contribution in [0.25, 0.3) is 0 Å². The molecule has 0 radical (unpaired) electrons. The summed E-state index contributed by atoms with van der Waals surface area (Å²) in [4.78, 5) is 0. The number of hydrogen-bond donors (Lipinski definition) is 2. The maximum absolute atomic E-state index is 10.6. The van der Waals surface area contributed by atoms with Gasteiger partial charge < -0.3 is 5.73 Å². The summed E-state index contributed by atoms with van der Waals surface area (Å²) in [5.74, 6) is -0.0628. The summed E-state index contributed by atoms with van der Waals surface area (Å²) in [5.41, 5.74) is 7.28. The minimum Gasteiger partial charge on any atom is -0.314 e. The average molecular weight is 168 g/mol. The number of nitrogens with one attached hydrogen (secondary N) is 1. The van der Waals surface area contributed by atoms with Gasteiger partial charge in [0, 0.05) is 0 Å². The minimum absolute atomic E-state index is 0.0628. The Kier molecular flexibility index (Phi) is 3.80. The van der Waals surface area contributed by atoms with Gasteiger partial charge in [0.05, 0.1) is 11.9 Å². The second-order valence-corrected chi connectivity index (χ2v) is 3.70. The molecule has 5 nitrogen and oxygen atoms in total. The summed E-state index contributed by atoms with van der Waals surface area (Å²) in [6, 6.07) is 0. The Morgan fingerprint density at radius 2 is 2.20 bits per heavy atom. The second-order valence-electron chi connectivity index (χ2n) is 1.84. The summed E-state index contributed by atoms with van der Waals surface area (Å²) in [7, 11) is -3.41. The monoisotopic (exact) mass is 168 g/mol. The second kappa shape index (κ2) is 3.87. The fraction of sp³-hybridized carbons (Fsp3) is 1.00. The van der Waals surface area contributed by atoms with E-state index in [0.717, 1.165) is 0 Å². The largest absolute Gasteiger partial charge is 0.314 e. The fourth-order valence-electron chi connectivity index (χ4n) is 0.208. The quantitative estimate of drug-likeness (QED) is 0.422. The molecule has 0 heterocycles.